The Bertz CT molecular complexity index is 1770. The Morgan fingerprint density at radius 1 is 0.542 bits per heavy atom. The van der Waals surface area contributed by atoms with Gasteiger partial charge in [0.05, 0.1) is 0 Å². The van der Waals surface area contributed by atoms with Gasteiger partial charge >= 0.3 is 298 Å². The van der Waals surface area contributed by atoms with Crippen LogP contribution in [0.2, 0.25) is 9.36 Å². The topological polar surface area (TPSA) is 0 Å². The molecule has 0 saturated carbocycles. The zero-order valence-corrected chi connectivity index (χ0v) is 34.8. The number of hydrogen-bond donors (Lipinski definition) is 0. The Morgan fingerprint density at radius 3 is 1.25 bits per heavy atom. The van der Waals surface area contributed by atoms with E-state index in [-0.39, 0.29) is 16.2 Å². The summed E-state index contributed by atoms with van der Waals surface area (Å²) in [6, 6.07) is 33.4. The predicted octanol–water partition coefficient (Wildman–Crippen LogP) is 14.0. The summed E-state index contributed by atoms with van der Waals surface area (Å²) in [5, 5.41) is 0. The average Bonchev–Trinajstić information content (AvgIpc) is 3.65. The third-order valence-corrected chi connectivity index (χ3v) is 27.4. The van der Waals surface area contributed by atoms with Gasteiger partial charge < -0.3 is 0 Å². The van der Waals surface area contributed by atoms with Crippen LogP contribution in [0, 0.1) is 5.41 Å². The van der Waals surface area contributed by atoms with Crippen LogP contribution in [0.4, 0.5) is 0 Å². The molecule has 248 valence electrons. The normalized spacial score (nSPS) is 20.4. The van der Waals surface area contributed by atoms with Crippen molar-refractivity contribution in [3.8, 4) is 22.3 Å². The van der Waals surface area contributed by atoms with Gasteiger partial charge in [0, 0.05) is 0 Å². The van der Waals surface area contributed by atoms with E-state index < -0.39 is 20.0 Å². The van der Waals surface area contributed by atoms with Crippen molar-refractivity contribution in [1.82, 2.24) is 0 Å². The van der Waals surface area contributed by atoms with Crippen molar-refractivity contribution in [2.24, 2.45) is 5.41 Å². The van der Waals surface area contributed by atoms with E-state index in [0.717, 1.165) is 0 Å². The minimum absolute atomic E-state index is 0.118. The van der Waals surface area contributed by atoms with E-state index in [9.17, 15) is 0 Å². The molecule has 4 aromatic rings. The van der Waals surface area contributed by atoms with E-state index >= 15 is 0 Å². The molecule has 0 nitrogen and oxygen atoms in total. The van der Waals surface area contributed by atoms with Crippen molar-refractivity contribution in [2.75, 3.05) is 0 Å². The predicted molar refractivity (Wildman–Crippen MR) is 207 cm³/mol. The Hall–Kier alpha value is -2.77. The molecule has 1 saturated heterocycles. The van der Waals surface area contributed by atoms with Crippen LogP contribution in [0.25, 0.3) is 34.4 Å². The van der Waals surface area contributed by atoms with Crippen molar-refractivity contribution in [2.45, 2.75) is 109 Å². The van der Waals surface area contributed by atoms with Crippen LogP contribution in [-0.2, 0) is 30.8 Å². The molecular formula is C47H56Hf. The summed E-state index contributed by atoms with van der Waals surface area (Å²) >= 11 is -3.14. The van der Waals surface area contributed by atoms with Crippen LogP contribution in [0.3, 0.4) is 0 Å². The van der Waals surface area contributed by atoms with Crippen molar-refractivity contribution in [1.29, 1.82) is 0 Å². The van der Waals surface area contributed by atoms with Gasteiger partial charge in [-0.3, -0.25) is 0 Å². The van der Waals surface area contributed by atoms with Gasteiger partial charge in [-0.05, 0) is 0 Å². The van der Waals surface area contributed by atoms with Crippen molar-refractivity contribution in [3.05, 3.63) is 129 Å². The molecule has 1 heterocycles. The van der Waals surface area contributed by atoms with Crippen LogP contribution in [0.1, 0.15) is 122 Å². The summed E-state index contributed by atoms with van der Waals surface area (Å²) < 4.78 is 6.82. The van der Waals surface area contributed by atoms with Gasteiger partial charge in [0.25, 0.3) is 0 Å². The summed E-state index contributed by atoms with van der Waals surface area (Å²) in [5.74, 6) is 0. The molecule has 0 N–H and O–H groups in total. The van der Waals surface area contributed by atoms with Gasteiger partial charge in [0.2, 0.25) is 0 Å². The third-order valence-electron chi connectivity index (χ3n) is 12.2. The Labute approximate surface area is 296 Å². The molecule has 2 unspecified atom stereocenters. The zero-order chi connectivity index (χ0) is 34.2. The van der Waals surface area contributed by atoms with E-state index in [1.165, 1.54) is 70.2 Å². The van der Waals surface area contributed by atoms with E-state index in [0.29, 0.717) is 7.35 Å². The Balaban J connectivity index is 1.41. The number of hydrogen-bond acceptors (Lipinski definition) is 0. The van der Waals surface area contributed by atoms with Crippen LogP contribution in [-0.4, -0.2) is 0 Å². The molecule has 1 aliphatic heterocycles. The van der Waals surface area contributed by atoms with Crippen LogP contribution < -0.4 is 0 Å². The zero-order valence-electron chi connectivity index (χ0n) is 31.2. The third kappa shape index (κ3) is 5.25. The van der Waals surface area contributed by atoms with Crippen molar-refractivity contribution < 1.29 is 20.0 Å². The van der Waals surface area contributed by atoms with E-state index in [4.69, 9.17) is 0 Å². The van der Waals surface area contributed by atoms with Crippen LogP contribution >= 0.6 is 0 Å². The molecule has 0 aromatic heterocycles. The molecule has 1 heteroatoms. The summed E-state index contributed by atoms with van der Waals surface area (Å²) in [6.07, 6.45) is 10.4. The number of allylic oxidation sites excluding steroid dienone is 2. The standard InChI is InChI=1S/C45H50.2CH3.Hf/c1-9-25-45(26-10-2,37-27-33-13-11-15-39(41(33)29-37)31-17-21-35(22-18-31)43(3,4)5)38-28-34-14-12-16-40(42(34)30-38)32-19-23-36(24-20-32)44(6,7)8;;;/h11-24,27-30H,9-10,25-26H2,1-8H3;2*1H3;. The van der Waals surface area contributed by atoms with E-state index in [1.54, 1.807) is 22.3 Å². The Kier molecular flexibility index (Phi) is 8.38. The minimum atomic E-state index is -3.14. The Morgan fingerprint density at radius 2 is 0.917 bits per heavy atom. The van der Waals surface area contributed by atoms with Gasteiger partial charge in [-0.25, -0.2) is 0 Å². The first-order valence-corrected chi connectivity index (χ1v) is 30.0. The van der Waals surface area contributed by atoms with Crippen LogP contribution in [0.5, 0.6) is 0 Å². The molecule has 48 heavy (non-hydrogen) atoms. The van der Waals surface area contributed by atoms with Gasteiger partial charge in [-0.2, -0.15) is 0 Å². The number of fused-ring (bicyclic) bond motifs is 6. The quantitative estimate of drug-likeness (QED) is 0.170. The van der Waals surface area contributed by atoms with Crippen LogP contribution in [0.15, 0.2) is 96.1 Å². The monoisotopic (exact) mass is 800 g/mol. The van der Waals surface area contributed by atoms with Gasteiger partial charge in [-0.1, -0.05) is 0 Å². The number of benzene rings is 4. The molecule has 7 rings (SSSR count). The summed E-state index contributed by atoms with van der Waals surface area (Å²) in [4.78, 5) is 0. The maximum atomic E-state index is 2.80. The molecule has 0 radical (unpaired) electrons. The maximum absolute atomic E-state index is 3.14. The SMILES string of the molecule is CCCC1(CCC)C2=Cc3c(-c4ccc(C(C)(C)C)cc4)cccc3[CH]2[Hf]([CH3])([CH3])[CH]2C1=Cc1c(-c3ccc(C(C)(C)C)cc3)cccc12. The fourth-order valence-electron chi connectivity index (χ4n) is 9.93. The second-order valence-electron chi connectivity index (χ2n) is 17.7. The average molecular weight is 799 g/mol. The second-order valence-corrected chi connectivity index (χ2v) is 35.0. The van der Waals surface area contributed by atoms with Gasteiger partial charge in [0.15, 0.2) is 0 Å². The summed E-state index contributed by atoms with van der Waals surface area (Å²) in [7, 11) is 0. The van der Waals surface area contributed by atoms with Crippen molar-refractivity contribution >= 4 is 12.2 Å². The molecule has 0 amide bonds. The fourth-order valence-corrected chi connectivity index (χ4v) is 27.0. The van der Waals surface area contributed by atoms with Gasteiger partial charge in [-0.15, -0.1) is 0 Å². The van der Waals surface area contributed by atoms with E-state index in [2.05, 4.69) is 162 Å². The summed E-state index contributed by atoms with van der Waals surface area (Å²) in [5.41, 5.74) is 18.6. The molecule has 2 aliphatic carbocycles. The fraction of sp³-hybridized carbons (Fsp3) is 0.404. The molecule has 1 fully saturated rings. The summed E-state index contributed by atoms with van der Waals surface area (Å²) in [6.45, 7) is 18.7. The first-order chi connectivity index (χ1) is 22.7. The second kappa shape index (κ2) is 11.9. The van der Waals surface area contributed by atoms with E-state index in [1.807, 2.05) is 0 Å². The molecule has 0 spiro atoms. The molecular weight excluding hydrogens is 743 g/mol. The number of rotatable bonds is 6. The molecule has 2 atom stereocenters. The molecule has 4 aromatic carbocycles. The first kappa shape index (κ1) is 33.7. The van der Waals surface area contributed by atoms with Gasteiger partial charge in [0.1, 0.15) is 0 Å². The molecule has 0 bridgehead atoms. The van der Waals surface area contributed by atoms with Crippen molar-refractivity contribution in [3.63, 3.8) is 0 Å². The molecule has 3 aliphatic rings. The first-order valence-electron chi connectivity index (χ1n) is 18.6.